The molecule has 0 radical (unpaired) electrons. The zero-order chi connectivity index (χ0) is 13.0. The average Bonchev–Trinajstić information content (AvgIpc) is 2.28. The Morgan fingerprint density at radius 2 is 2.00 bits per heavy atom. The topological polar surface area (TPSA) is 64.3 Å². The number of nitrogens with two attached hydrogens (primary N) is 1. The van der Waals surface area contributed by atoms with Crippen LogP contribution in [0.3, 0.4) is 0 Å². The first-order valence-electron chi connectivity index (χ1n) is 5.70. The highest BCUT2D eigenvalue weighted by molar-refractivity contribution is 5.99. The lowest BCUT2D eigenvalue weighted by molar-refractivity contribution is 0.0931. The monoisotopic (exact) mass is 236 g/mol. The molecule has 94 valence electrons. The van der Waals surface area contributed by atoms with Crippen LogP contribution in [0, 0.1) is 5.92 Å². The Morgan fingerprint density at radius 3 is 2.47 bits per heavy atom. The molecule has 1 unspecified atom stereocenters. The molecule has 3 N–H and O–H groups in total. The van der Waals surface area contributed by atoms with E-state index in [1.54, 1.807) is 25.3 Å². The molecule has 1 aromatic carbocycles. The lowest BCUT2D eigenvalue weighted by Gasteiger charge is -2.18. The standard InChI is InChI=1S/C13H20N2O2/c1-8(2)9(3)15-13(16)11-6-5-10(17-4)7-12(11)14/h5-9H,14H2,1-4H3,(H,15,16). The third-order valence-corrected chi connectivity index (χ3v) is 2.86. The van der Waals surface area contributed by atoms with Crippen LogP contribution in [0.25, 0.3) is 0 Å². The third-order valence-electron chi connectivity index (χ3n) is 2.86. The number of anilines is 1. The van der Waals surface area contributed by atoms with Crippen molar-refractivity contribution < 1.29 is 9.53 Å². The van der Waals surface area contributed by atoms with Crippen LogP contribution in [0.15, 0.2) is 18.2 Å². The second-order valence-corrected chi connectivity index (χ2v) is 4.46. The van der Waals surface area contributed by atoms with E-state index in [-0.39, 0.29) is 11.9 Å². The normalized spacial score (nSPS) is 12.3. The molecule has 0 fully saturated rings. The lowest BCUT2D eigenvalue weighted by atomic mass is 10.1. The molecule has 1 aromatic rings. The van der Waals surface area contributed by atoms with E-state index in [1.807, 2.05) is 6.92 Å². The zero-order valence-electron chi connectivity index (χ0n) is 10.8. The smallest absolute Gasteiger partial charge is 0.253 e. The van der Waals surface area contributed by atoms with Crippen molar-refractivity contribution in [1.82, 2.24) is 5.32 Å². The molecule has 1 rings (SSSR count). The highest BCUT2D eigenvalue weighted by Crippen LogP contribution is 2.19. The maximum absolute atomic E-state index is 11.9. The van der Waals surface area contributed by atoms with Crippen LogP contribution in [0.4, 0.5) is 5.69 Å². The second kappa shape index (κ2) is 5.57. The fourth-order valence-electron chi connectivity index (χ4n) is 1.33. The Kier molecular flexibility index (Phi) is 4.37. The number of carbonyl (C=O) groups excluding carboxylic acids is 1. The predicted octanol–water partition coefficient (Wildman–Crippen LogP) is 2.05. The zero-order valence-corrected chi connectivity index (χ0v) is 10.8. The quantitative estimate of drug-likeness (QED) is 0.786. The van der Waals surface area contributed by atoms with Crippen molar-refractivity contribution in [3.8, 4) is 5.75 Å². The van der Waals surface area contributed by atoms with Crippen molar-refractivity contribution in [3.05, 3.63) is 23.8 Å². The van der Waals surface area contributed by atoms with Gasteiger partial charge in [0.1, 0.15) is 5.75 Å². The molecule has 0 saturated heterocycles. The summed E-state index contributed by atoms with van der Waals surface area (Å²) in [4.78, 5) is 11.9. The van der Waals surface area contributed by atoms with Gasteiger partial charge in [-0.2, -0.15) is 0 Å². The summed E-state index contributed by atoms with van der Waals surface area (Å²) >= 11 is 0. The summed E-state index contributed by atoms with van der Waals surface area (Å²) in [7, 11) is 1.56. The Hall–Kier alpha value is -1.71. The van der Waals surface area contributed by atoms with Crippen LogP contribution in [-0.2, 0) is 0 Å². The summed E-state index contributed by atoms with van der Waals surface area (Å²) in [5, 5.41) is 2.91. The maximum atomic E-state index is 11.9. The SMILES string of the molecule is COc1ccc(C(=O)NC(C)C(C)C)c(N)c1. The number of hydrogen-bond acceptors (Lipinski definition) is 3. The summed E-state index contributed by atoms with van der Waals surface area (Å²) in [6.07, 6.45) is 0. The van der Waals surface area contributed by atoms with Crippen molar-refractivity contribution in [2.75, 3.05) is 12.8 Å². The van der Waals surface area contributed by atoms with Gasteiger partial charge in [-0.05, 0) is 25.0 Å². The molecule has 0 heterocycles. The molecular formula is C13H20N2O2. The summed E-state index contributed by atoms with van der Waals surface area (Å²) in [6.45, 7) is 6.09. The molecule has 1 amide bonds. The Labute approximate surface area is 102 Å². The van der Waals surface area contributed by atoms with Crippen LogP contribution in [0.5, 0.6) is 5.75 Å². The van der Waals surface area contributed by atoms with Crippen molar-refractivity contribution in [2.45, 2.75) is 26.8 Å². The molecule has 4 nitrogen and oxygen atoms in total. The van der Waals surface area contributed by atoms with E-state index in [1.165, 1.54) is 0 Å². The van der Waals surface area contributed by atoms with Crippen LogP contribution in [0.1, 0.15) is 31.1 Å². The molecule has 0 bridgehead atoms. The van der Waals surface area contributed by atoms with Gasteiger partial charge in [-0.1, -0.05) is 13.8 Å². The van der Waals surface area contributed by atoms with Gasteiger partial charge < -0.3 is 15.8 Å². The van der Waals surface area contributed by atoms with Crippen LogP contribution in [0.2, 0.25) is 0 Å². The van der Waals surface area contributed by atoms with E-state index < -0.39 is 0 Å². The minimum atomic E-state index is -0.147. The number of methoxy groups -OCH3 is 1. The number of benzene rings is 1. The van der Waals surface area contributed by atoms with Gasteiger partial charge in [0.2, 0.25) is 0 Å². The van der Waals surface area contributed by atoms with Gasteiger partial charge in [-0.3, -0.25) is 4.79 Å². The number of rotatable bonds is 4. The molecule has 0 saturated carbocycles. The number of nitrogen functional groups attached to an aromatic ring is 1. The maximum Gasteiger partial charge on any atom is 0.253 e. The first kappa shape index (κ1) is 13.4. The number of nitrogens with one attached hydrogen (secondary N) is 1. The van der Waals surface area contributed by atoms with Crippen molar-refractivity contribution >= 4 is 11.6 Å². The molecule has 1 atom stereocenters. The second-order valence-electron chi connectivity index (χ2n) is 4.46. The predicted molar refractivity (Wildman–Crippen MR) is 69.2 cm³/mol. The van der Waals surface area contributed by atoms with Gasteiger partial charge in [0.05, 0.1) is 12.7 Å². The molecule has 0 spiro atoms. The number of hydrogen-bond donors (Lipinski definition) is 2. The number of amides is 1. The third kappa shape index (κ3) is 3.37. The van der Waals surface area contributed by atoms with E-state index in [2.05, 4.69) is 19.2 Å². The number of ether oxygens (including phenoxy) is 1. The van der Waals surface area contributed by atoms with Crippen LogP contribution in [-0.4, -0.2) is 19.1 Å². The van der Waals surface area contributed by atoms with Crippen molar-refractivity contribution in [1.29, 1.82) is 0 Å². The van der Waals surface area contributed by atoms with E-state index in [4.69, 9.17) is 10.5 Å². The Bertz CT molecular complexity index is 402. The summed E-state index contributed by atoms with van der Waals surface area (Å²) < 4.78 is 5.04. The van der Waals surface area contributed by atoms with Gasteiger partial charge >= 0.3 is 0 Å². The minimum Gasteiger partial charge on any atom is -0.497 e. The van der Waals surface area contributed by atoms with Crippen LogP contribution >= 0.6 is 0 Å². The van der Waals surface area contributed by atoms with Crippen LogP contribution < -0.4 is 15.8 Å². The largest absolute Gasteiger partial charge is 0.497 e. The summed E-state index contributed by atoms with van der Waals surface area (Å²) in [5.41, 5.74) is 6.72. The van der Waals surface area contributed by atoms with E-state index in [0.29, 0.717) is 22.9 Å². The fraction of sp³-hybridized carbons (Fsp3) is 0.462. The van der Waals surface area contributed by atoms with Gasteiger partial charge in [-0.15, -0.1) is 0 Å². The lowest BCUT2D eigenvalue weighted by Crippen LogP contribution is -2.36. The molecule has 4 heteroatoms. The molecule has 0 aromatic heterocycles. The van der Waals surface area contributed by atoms with Crippen molar-refractivity contribution in [3.63, 3.8) is 0 Å². The van der Waals surface area contributed by atoms with Crippen molar-refractivity contribution in [2.24, 2.45) is 5.92 Å². The molecule has 0 aliphatic heterocycles. The number of carbonyl (C=O) groups is 1. The van der Waals surface area contributed by atoms with Gasteiger partial charge in [0, 0.05) is 17.8 Å². The fourth-order valence-corrected chi connectivity index (χ4v) is 1.33. The Balaban J connectivity index is 2.82. The average molecular weight is 236 g/mol. The van der Waals surface area contributed by atoms with E-state index in [0.717, 1.165) is 0 Å². The minimum absolute atomic E-state index is 0.115. The molecule has 17 heavy (non-hydrogen) atoms. The van der Waals surface area contributed by atoms with E-state index >= 15 is 0 Å². The van der Waals surface area contributed by atoms with Gasteiger partial charge in [0.15, 0.2) is 0 Å². The van der Waals surface area contributed by atoms with Gasteiger partial charge in [0.25, 0.3) is 5.91 Å². The summed E-state index contributed by atoms with van der Waals surface area (Å²) in [6, 6.07) is 5.17. The first-order chi connectivity index (χ1) is 7.95. The summed E-state index contributed by atoms with van der Waals surface area (Å²) in [5.74, 6) is 0.890. The highest BCUT2D eigenvalue weighted by Gasteiger charge is 2.14. The molecular weight excluding hydrogens is 216 g/mol. The van der Waals surface area contributed by atoms with Gasteiger partial charge in [-0.25, -0.2) is 0 Å². The first-order valence-corrected chi connectivity index (χ1v) is 5.70. The molecule has 0 aliphatic rings. The Morgan fingerprint density at radius 1 is 1.35 bits per heavy atom. The molecule has 0 aliphatic carbocycles. The highest BCUT2D eigenvalue weighted by atomic mass is 16.5. The van der Waals surface area contributed by atoms with E-state index in [9.17, 15) is 4.79 Å².